The number of aromatic nitrogens is 1. The van der Waals surface area contributed by atoms with Crippen LogP contribution in [-0.2, 0) is 11.8 Å². The van der Waals surface area contributed by atoms with Crippen molar-refractivity contribution in [2.24, 2.45) is 5.73 Å². The van der Waals surface area contributed by atoms with Gasteiger partial charge in [-0.25, -0.2) is 4.98 Å². The lowest BCUT2D eigenvalue weighted by molar-refractivity contribution is 0.383. The van der Waals surface area contributed by atoms with Gasteiger partial charge in [-0.05, 0) is 0 Å². The molecule has 0 saturated carbocycles. The molecular formula is C9H17ClN2O. The molecule has 0 fully saturated rings. The Morgan fingerprint density at radius 2 is 2.08 bits per heavy atom. The van der Waals surface area contributed by atoms with E-state index in [1.807, 2.05) is 0 Å². The summed E-state index contributed by atoms with van der Waals surface area (Å²) in [5, 5.41) is 0. The number of rotatable bonds is 2. The van der Waals surface area contributed by atoms with Crippen molar-refractivity contribution in [1.29, 1.82) is 0 Å². The van der Waals surface area contributed by atoms with Crippen molar-refractivity contribution in [2.45, 2.75) is 32.6 Å². The van der Waals surface area contributed by atoms with E-state index in [0.717, 1.165) is 18.1 Å². The quantitative estimate of drug-likeness (QED) is 0.801. The number of nitrogens with zero attached hydrogens (tertiary/aromatic N) is 1. The van der Waals surface area contributed by atoms with Crippen molar-refractivity contribution in [1.82, 2.24) is 4.98 Å². The Hall–Kier alpha value is -0.540. The third-order valence-corrected chi connectivity index (χ3v) is 1.65. The predicted octanol–water partition coefficient (Wildman–Crippen LogP) is 1.90. The molecule has 1 heterocycles. The van der Waals surface area contributed by atoms with E-state index in [0.29, 0.717) is 6.54 Å². The van der Waals surface area contributed by atoms with Gasteiger partial charge in [0.2, 0.25) is 0 Å². The van der Waals surface area contributed by atoms with Crippen LogP contribution < -0.4 is 5.73 Å². The van der Waals surface area contributed by atoms with Crippen molar-refractivity contribution in [3.8, 4) is 0 Å². The fourth-order valence-electron chi connectivity index (χ4n) is 0.896. The molecule has 0 amide bonds. The highest BCUT2D eigenvalue weighted by molar-refractivity contribution is 5.85. The van der Waals surface area contributed by atoms with Crippen LogP contribution in [-0.4, -0.2) is 11.5 Å². The summed E-state index contributed by atoms with van der Waals surface area (Å²) in [6.45, 7) is 6.88. The lowest BCUT2D eigenvalue weighted by Crippen LogP contribution is -2.09. The van der Waals surface area contributed by atoms with Crippen molar-refractivity contribution < 1.29 is 4.42 Å². The van der Waals surface area contributed by atoms with Crippen LogP contribution in [0.4, 0.5) is 0 Å². The lowest BCUT2D eigenvalue weighted by atomic mass is 9.94. The molecule has 0 radical (unpaired) electrons. The molecule has 0 aliphatic carbocycles. The first-order chi connectivity index (χ1) is 5.54. The van der Waals surface area contributed by atoms with Crippen LogP contribution in [0.5, 0.6) is 0 Å². The molecule has 76 valence electrons. The minimum Gasteiger partial charge on any atom is -0.445 e. The summed E-state index contributed by atoms with van der Waals surface area (Å²) >= 11 is 0. The molecule has 0 bridgehead atoms. The summed E-state index contributed by atoms with van der Waals surface area (Å²) in [5.41, 5.74) is 5.42. The normalized spacial score (nSPS) is 11.1. The second-order valence-corrected chi connectivity index (χ2v) is 3.91. The van der Waals surface area contributed by atoms with E-state index in [4.69, 9.17) is 10.2 Å². The molecule has 0 aromatic carbocycles. The summed E-state index contributed by atoms with van der Waals surface area (Å²) in [5.74, 6) is 1.66. The topological polar surface area (TPSA) is 52.0 Å². The molecule has 13 heavy (non-hydrogen) atoms. The van der Waals surface area contributed by atoms with E-state index < -0.39 is 0 Å². The number of halogens is 1. The average molecular weight is 205 g/mol. The van der Waals surface area contributed by atoms with Crippen LogP contribution in [0.2, 0.25) is 0 Å². The minimum atomic E-state index is 0. The second kappa shape index (κ2) is 4.63. The molecule has 4 heteroatoms. The lowest BCUT2D eigenvalue weighted by Gasteiger charge is -2.12. The highest BCUT2D eigenvalue weighted by atomic mass is 35.5. The van der Waals surface area contributed by atoms with Gasteiger partial charge in [-0.15, -0.1) is 12.4 Å². The van der Waals surface area contributed by atoms with Gasteiger partial charge in [0.15, 0.2) is 5.89 Å². The third kappa shape index (κ3) is 3.36. The molecule has 0 aliphatic rings. The van der Waals surface area contributed by atoms with Crippen molar-refractivity contribution in [3.05, 3.63) is 17.8 Å². The summed E-state index contributed by atoms with van der Waals surface area (Å²) in [6, 6.07) is 0. The van der Waals surface area contributed by atoms with E-state index in [1.54, 1.807) is 6.20 Å². The minimum absolute atomic E-state index is 0. The summed E-state index contributed by atoms with van der Waals surface area (Å²) in [6.07, 6.45) is 2.50. The van der Waals surface area contributed by atoms with Gasteiger partial charge in [-0.2, -0.15) is 0 Å². The van der Waals surface area contributed by atoms with Gasteiger partial charge in [0.05, 0.1) is 6.20 Å². The van der Waals surface area contributed by atoms with E-state index in [9.17, 15) is 0 Å². The maximum atomic E-state index is 5.50. The van der Waals surface area contributed by atoms with Crippen LogP contribution in [0.3, 0.4) is 0 Å². The van der Waals surface area contributed by atoms with Gasteiger partial charge >= 0.3 is 0 Å². The fourth-order valence-corrected chi connectivity index (χ4v) is 0.896. The molecule has 3 nitrogen and oxygen atoms in total. The molecule has 1 aromatic heterocycles. The monoisotopic (exact) mass is 204 g/mol. The standard InChI is InChI=1S/C9H16N2O.ClH/c1-9(2,3)7-6-11-8(12-7)4-5-10;/h6H,4-5,10H2,1-3H3;1H. The van der Waals surface area contributed by atoms with Gasteiger partial charge in [0.1, 0.15) is 5.76 Å². The first-order valence-corrected chi connectivity index (χ1v) is 4.19. The molecule has 2 N–H and O–H groups in total. The molecule has 1 aromatic rings. The zero-order chi connectivity index (χ0) is 9.19. The Morgan fingerprint density at radius 3 is 2.46 bits per heavy atom. The number of hydrogen-bond acceptors (Lipinski definition) is 3. The number of nitrogens with two attached hydrogens (primary N) is 1. The Balaban J connectivity index is 0.00000144. The zero-order valence-corrected chi connectivity index (χ0v) is 9.15. The Morgan fingerprint density at radius 1 is 1.46 bits per heavy atom. The Kier molecular flexibility index (Phi) is 4.44. The van der Waals surface area contributed by atoms with Crippen LogP contribution in [0.15, 0.2) is 10.6 Å². The van der Waals surface area contributed by atoms with Gasteiger partial charge < -0.3 is 10.2 Å². The molecule has 1 rings (SSSR count). The molecule has 0 spiro atoms. The van der Waals surface area contributed by atoms with E-state index in [2.05, 4.69) is 25.8 Å². The Labute approximate surface area is 85.1 Å². The third-order valence-electron chi connectivity index (χ3n) is 1.65. The van der Waals surface area contributed by atoms with Crippen molar-refractivity contribution in [3.63, 3.8) is 0 Å². The SMILES string of the molecule is CC(C)(C)c1cnc(CCN)o1.Cl. The summed E-state index contributed by atoms with van der Waals surface area (Å²) in [4.78, 5) is 4.13. The van der Waals surface area contributed by atoms with Crippen LogP contribution in [0.25, 0.3) is 0 Å². The van der Waals surface area contributed by atoms with Gasteiger partial charge in [0, 0.05) is 18.4 Å². The zero-order valence-electron chi connectivity index (χ0n) is 8.33. The molecule has 0 saturated heterocycles. The highest BCUT2D eigenvalue weighted by Gasteiger charge is 2.18. The second-order valence-electron chi connectivity index (χ2n) is 3.91. The highest BCUT2D eigenvalue weighted by Crippen LogP contribution is 2.22. The predicted molar refractivity (Wildman–Crippen MR) is 55.2 cm³/mol. The summed E-state index contributed by atoms with van der Waals surface area (Å²) in [7, 11) is 0. The van der Waals surface area contributed by atoms with E-state index in [1.165, 1.54) is 0 Å². The maximum Gasteiger partial charge on any atom is 0.195 e. The average Bonchev–Trinajstić information content (AvgIpc) is 2.35. The van der Waals surface area contributed by atoms with Crippen molar-refractivity contribution in [2.75, 3.05) is 6.54 Å². The maximum absolute atomic E-state index is 5.50. The van der Waals surface area contributed by atoms with Crippen LogP contribution >= 0.6 is 12.4 Å². The van der Waals surface area contributed by atoms with Crippen LogP contribution in [0, 0.1) is 0 Å². The number of oxazole rings is 1. The molecular weight excluding hydrogens is 188 g/mol. The smallest absolute Gasteiger partial charge is 0.195 e. The fraction of sp³-hybridized carbons (Fsp3) is 0.667. The largest absolute Gasteiger partial charge is 0.445 e. The number of hydrogen-bond donors (Lipinski definition) is 1. The molecule has 0 aliphatic heterocycles. The van der Waals surface area contributed by atoms with Gasteiger partial charge in [-0.1, -0.05) is 20.8 Å². The molecule has 0 unspecified atom stereocenters. The molecule has 0 atom stereocenters. The van der Waals surface area contributed by atoms with E-state index >= 15 is 0 Å². The van der Waals surface area contributed by atoms with E-state index in [-0.39, 0.29) is 17.8 Å². The van der Waals surface area contributed by atoms with Gasteiger partial charge in [-0.3, -0.25) is 0 Å². The Bertz CT molecular complexity index is 252. The van der Waals surface area contributed by atoms with Crippen LogP contribution in [0.1, 0.15) is 32.4 Å². The van der Waals surface area contributed by atoms with Crippen molar-refractivity contribution >= 4 is 12.4 Å². The first-order valence-electron chi connectivity index (χ1n) is 4.19. The summed E-state index contributed by atoms with van der Waals surface area (Å²) < 4.78 is 5.50. The van der Waals surface area contributed by atoms with Gasteiger partial charge in [0.25, 0.3) is 0 Å². The first kappa shape index (κ1) is 12.5.